The number of ether oxygens (including phenoxy) is 1. The molecule has 0 aliphatic rings. The molecule has 1 aromatic carbocycles. The summed E-state index contributed by atoms with van der Waals surface area (Å²) in [5.41, 5.74) is 0.862. The summed E-state index contributed by atoms with van der Waals surface area (Å²) in [6.45, 7) is 2.54. The van der Waals surface area contributed by atoms with E-state index in [2.05, 4.69) is 15.5 Å². The monoisotopic (exact) mass is 264 g/mol. The third-order valence-electron chi connectivity index (χ3n) is 3.05. The van der Waals surface area contributed by atoms with Crippen molar-refractivity contribution in [3.05, 3.63) is 41.7 Å². The van der Waals surface area contributed by atoms with Crippen molar-refractivity contribution in [1.29, 1.82) is 0 Å². The van der Waals surface area contributed by atoms with Crippen LogP contribution in [-0.2, 0) is 13.6 Å². The molecule has 1 atom stereocenters. The Morgan fingerprint density at radius 2 is 2.26 bits per heavy atom. The van der Waals surface area contributed by atoms with E-state index >= 15 is 0 Å². The zero-order valence-electron chi connectivity index (χ0n) is 11.2. The maximum absolute atomic E-state index is 13.6. The van der Waals surface area contributed by atoms with Crippen LogP contribution in [0.3, 0.4) is 0 Å². The van der Waals surface area contributed by atoms with Crippen LogP contribution in [0.1, 0.15) is 24.4 Å². The first-order valence-electron chi connectivity index (χ1n) is 6.01. The zero-order chi connectivity index (χ0) is 13.8. The first kappa shape index (κ1) is 13.5. The van der Waals surface area contributed by atoms with E-state index in [9.17, 15) is 4.39 Å². The quantitative estimate of drug-likeness (QED) is 0.895. The molecule has 1 N–H and O–H groups in total. The summed E-state index contributed by atoms with van der Waals surface area (Å²) in [6.07, 6.45) is 1.65. The van der Waals surface area contributed by atoms with E-state index in [1.807, 2.05) is 24.6 Å². The Hall–Kier alpha value is -1.95. The second-order valence-electron chi connectivity index (χ2n) is 4.35. The highest BCUT2D eigenvalue weighted by atomic mass is 19.1. The lowest BCUT2D eigenvalue weighted by Gasteiger charge is -2.14. The Labute approximate surface area is 111 Å². The number of methoxy groups -OCH3 is 1. The minimum Gasteiger partial charge on any atom is -0.494 e. The largest absolute Gasteiger partial charge is 0.494 e. The van der Waals surface area contributed by atoms with Gasteiger partial charge < -0.3 is 14.6 Å². The van der Waals surface area contributed by atoms with Gasteiger partial charge in [0.2, 0.25) is 0 Å². The van der Waals surface area contributed by atoms with Gasteiger partial charge in [-0.05, 0) is 24.6 Å². The molecule has 0 aliphatic heterocycles. The Morgan fingerprint density at radius 3 is 2.84 bits per heavy atom. The Bertz CT molecular complexity index is 555. The van der Waals surface area contributed by atoms with Gasteiger partial charge in [0.05, 0.1) is 13.7 Å². The average molecular weight is 264 g/mol. The summed E-state index contributed by atoms with van der Waals surface area (Å²) in [5.74, 6) is 0.734. The minimum atomic E-state index is -0.354. The molecule has 0 amide bonds. The first-order valence-corrected chi connectivity index (χ1v) is 6.01. The van der Waals surface area contributed by atoms with Crippen molar-refractivity contribution < 1.29 is 9.13 Å². The molecular formula is C13H17FN4O. The smallest absolute Gasteiger partial charge is 0.165 e. The highest BCUT2D eigenvalue weighted by Gasteiger charge is 2.10. The molecule has 0 saturated heterocycles. The highest BCUT2D eigenvalue weighted by molar-refractivity contribution is 5.30. The number of benzene rings is 1. The van der Waals surface area contributed by atoms with Crippen LogP contribution in [0.25, 0.3) is 0 Å². The predicted molar refractivity (Wildman–Crippen MR) is 69.2 cm³/mol. The topological polar surface area (TPSA) is 52.0 Å². The second-order valence-corrected chi connectivity index (χ2v) is 4.35. The average Bonchev–Trinajstić information content (AvgIpc) is 2.81. The van der Waals surface area contributed by atoms with E-state index in [0.29, 0.717) is 6.54 Å². The van der Waals surface area contributed by atoms with Crippen LogP contribution in [0.4, 0.5) is 4.39 Å². The molecule has 0 bridgehead atoms. The van der Waals surface area contributed by atoms with Gasteiger partial charge in [-0.25, -0.2) is 4.39 Å². The number of aryl methyl sites for hydroxylation is 1. The number of nitrogens with zero attached hydrogens (tertiary/aromatic N) is 3. The van der Waals surface area contributed by atoms with Crippen LogP contribution in [0, 0.1) is 5.82 Å². The van der Waals surface area contributed by atoms with Crippen molar-refractivity contribution in [3.8, 4) is 5.75 Å². The van der Waals surface area contributed by atoms with E-state index < -0.39 is 0 Å². The molecule has 0 fully saturated rings. The van der Waals surface area contributed by atoms with Crippen LogP contribution >= 0.6 is 0 Å². The lowest BCUT2D eigenvalue weighted by atomic mass is 10.1. The van der Waals surface area contributed by atoms with E-state index in [0.717, 1.165) is 11.4 Å². The summed E-state index contributed by atoms with van der Waals surface area (Å²) >= 11 is 0. The standard InChI is InChI=1S/C13H17FN4O/c1-9(15-7-13-17-16-8-18(13)2)10-4-5-12(19-3)11(14)6-10/h4-6,8-9,15H,7H2,1-3H3. The lowest BCUT2D eigenvalue weighted by Crippen LogP contribution is -2.20. The predicted octanol–water partition coefficient (Wildman–Crippen LogP) is 1.81. The number of nitrogens with one attached hydrogen (secondary N) is 1. The van der Waals surface area contributed by atoms with Gasteiger partial charge in [0.15, 0.2) is 11.6 Å². The molecule has 5 nitrogen and oxygen atoms in total. The Morgan fingerprint density at radius 1 is 1.47 bits per heavy atom. The van der Waals surface area contributed by atoms with Gasteiger partial charge in [0, 0.05) is 13.1 Å². The molecule has 6 heteroatoms. The van der Waals surface area contributed by atoms with E-state index in [1.54, 1.807) is 12.4 Å². The molecule has 0 spiro atoms. The van der Waals surface area contributed by atoms with Crippen LogP contribution in [0.5, 0.6) is 5.75 Å². The fraction of sp³-hybridized carbons (Fsp3) is 0.385. The van der Waals surface area contributed by atoms with Gasteiger partial charge in [-0.1, -0.05) is 6.07 Å². The highest BCUT2D eigenvalue weighted by Crippen LogP contribution is 2.21. The molecule has 0 saturated carbocycles. The summed E-state index contributed by atoms with van der Waals surface area (Å²) in [4.78, 5) is 0. The molecule has 2 aromatic rings. The molecule has 2 rings (SSSR count). The van der Waals surface area contributed by atoms with Crippen molar-refractivity contribution in [2.45, 2.75) is 19.5 Å². The Balaban J connectivity index is 2.02. The van der Waals surface area contributed by atoms with Gasteiger partial charge in [-0.15, -0.1) is 10.2 Å². The number of hydrogen-bond acceptors (Lipinski definition) is 4. The van der Waals surface area contributed by atoms with Crippen LogP contribution < -0.4 is 10.1 Å². The molecule has 102 valence electrons. The Kier molecular flexibility index (Phi) is 4.11. The number of halogens is 1. The minimum absolute atomic E-state index is 0.0112. The number of rotatable bonds is 5. The van der Waals surface area contributed by atoms with Gasteiger partial charge in [-0.2, -0.15) is 0 Å². The summed E-state index contributed by atoms with van der Waals surface area (Å²) in [7, 11) is 3.34. The van der Waals surface area contributed by atoms with Gasteiger partial charge in [-0.3, -0.25) is 0 Å². The van der Waals surface area contributed by atoms with E-state index in [4.69, 9.17) is 4.74 Å². The third-order valence-corrected chi connectivity index (χ3v) is 3.05. The summed E-state index contributed by atoms with van der Waals surface area (Å²) in [5, 5.41) is 11.1. The van der Waals surface area contributed by atoms with E-state index in [-0.39, 0.29) is 17.6 Å². The first-order chi connectivity index (χ1) is 9.11. The lowest BCUT2D eigenvalue weighted by molar-refractivity contribution is 0.385. The van der Waals surface area contributed by atoms with E-state index in [1.165, 1.54) is 13.2 Å². The summed E-state index contributed by atoms with van der Waals surface area (Å²) < 4.78 is 20.3. The molecule has 0 radical (unpaired) electrons. The SMILES string of the molecule is COc1ccc(C(C)NCc2nncn2C)cc1F. The van der Waals surface area contributed by atoms with Gasteiger partial charge in [0.1, 0.15) is 12.2 Å². The molecule has 19 heavy (non-hydrogen) atoms. The number of aromatic nitrogens is 3. The van der Waals surface area contributed by atoms with Crippen molar-refractivity contribution in [1.82, 2.24) is 20.1 Å². The molecule has 1 unspecified atom stereocenters. The second kappa shape index (κ2) is 5.79. The van der Waals surface area contributed by atoms with Crippen LogP contribution in [0.15, 0.2) is 24.5 Å². The fourth-order valence-corrected chi connectivity index (χ4v) is 1.78. The molecule has 0 aliphatic carbocycles. The fourth-order valence-electron chi connectivity index (χ4n) is 1.78. The van der Waals surface area contributed by atoms with Gasteiger partial charge >= 0.3 is 0 Å². The van der Waals surface area contributed by atoms with Crippen LogP contribution in [0.2, 0.25) is 0 Å². The molecule has 1 heterocycles. The van der Waals surface area contributed by atoms with Crippen molar-refractivity contribution in [2.75, 3.05) is 7.11 Å². The molecule has 1 aromatic heterocycles. The van der Waals surface area contributed by atoms with Crippen molar-refractivity contribution in [3.63, 3.8) is 0 Å². The third kappa shape index (κ3) is 3.08. The zero-order valence-corrected chi connectivity index (χ0v) is 11.2. The summed E-state index contributed by atoms with van der Waals surface area (Å²) in [6, 6.07) is 4.96. The molecular weight excluding hydrogens is 247 g/mol. The number of hydrogen-bond donors (Lipinski definition) is 1. The maximum atomic E-state index is 13.6. The van der Waals surface area contributed by atoms with Crippen molar-refractivity contribution in [2.24, 2.45) is 7.05 Å². The van der Waals surface area contributed by atoms with Crippen LogP contribution in [-0.4, -0.2) is 21.9 Å². The van der Waals surface area contributed by atoms with Crippen molar-refractivity contribution >= 4 is 0 Å². The van der Waals surface area contributed by atoms with Gasteiger partial charge in [0.25, 0.3) is 0 Å². The maximum Gasteiger partial charge on any atom is 0.165 e. The normalized spacial score (nSPS) is 12.4.